The van der Waals surface area contributed by atoms with Crippen LogP contribution in [0.4, 0.5) is 0 Å². The van der Waals surface area contributed by atoms with Crippen LogP contribution in [0.2, 0.25) is 5.02 Å². The molecule has 0 aliphatic carbocycles. The van der Waals surface area contributed by atoms with Gasteiger partial charge >= 0.3 is 11.9 Å². The van der Waals surface area contributed by atoms with Crippen molar-refractivity contribution in [3.05, 3.63) is 46.7 Å². The van der Waals surface area contributed by atoms with Gasteiger partial charge in [-0.3, -0.25) is 0 Å². The summed E-state index contributed by atoms with van der Waals surface area (Å²) in [5, 5.41) is 0.564. The summed E-state index contributed by atoms with van der Waals surface area (Å²) >= 11 is 5.89. The van der Waals surface area contributed by atoms with Gasteiger partial charge in [0.05, 0.1) is 18.8 Å². The van der Waals surface area contributed by atoms with Crippen LogP contribution in [0.3, 0.4) is 0 Å². The molecule has 2 rings (SSSR count). The number of hydrogen-bond acceptors (Lipinski definition) is 4. The van der Waals surface area contributed by atoms with Crippen molar-refractivity contribution < 1.29 is 19.1 Å². The van der Waals surface area contributed by atoms with Crippen molar-refractivity contribution in [3.8, 4) is 11.1 Å². The van der Waals surface area contributed by atoms with Crippen LogP contribution in [0.5, 0.6) is 0 Å². The molecule has 0 bridgehead atoms. The first-order chi connectivity index (χ1) is 10.6. The Morgan fingerprint density at radius 2 is 1.64 bits per heavy atom. The molecule has 0 amide bonds. The average Bonchev–Trinajstić information content (AvgIpc) is 2.93. The van der Waals surface area contributed by atoms with Crippen molar-refractivity contribution >= 4 is 23.5 Å². The maximum Gasteiger partial charge on any atom is 0.355 e. The van der Waals surface area contributed by atoms with Crippen molar-refractivity contribution in [2.45, 2.75) is 13.8 Å². The summed E-state index contributed by atoms with van der Waals surface area (Å²) in [5.41, 5.74) is 1.63. The number of ether oxygens (including phenoxy) is 2. The van der Waals surface area contributed by atoms with E-state index < -0.39 is 11.9 Å². The molecule has 0 atom stereocenters. The minimum Gasteiger partial charge on any atom is -0.462 e. The van der Waals surface area contributed by atoms with E-state index in [2.05, 4.69) is 4.98 Å². The predicted octanol–water partition coefficient (Wildman–Crippen LogP) is 3.69. The Kier molecular flexibility index (Phi) is 5.22. The number of aromatic amines is 1. The van der Waals surface area contributed by atoms with Crippen molar-refractivity contribution in [1.29, 1.82) is 0 Å². The van der Waals surface area contributed by atoms with Gasteiger partial charge in [0.25, 0.3) is 0 Å². The lowest BCUT2D eigenvalue weighted by molar-refractivity contribution is 0.0519. The molecule has 1 aromatic carbocycles. The van der Waals surface area contributed by atoms with E-state index in [9.17, 15) is 9.59 Å². The van der Waals surface area contributed by atoms with Crippen LogP contribution in [0.25, 0.3) is 11.1 Å². The van der Waals surface area contributed by atoms with E-state index in [4.69, 9.17) is 21.1 Å². The maximum atomic E-state index is 12.1. The Bertz CT molecular complexity index is 640. The van der Waals surface area contributed by atoms with Gasteiger partial charge in [-0.2, -0.15) is 0 Å². The molecule has 0 unspecified atom stereocenters. The fourth-order valence-corrected chi connectivity index (χ4v) is 2.20. The van der Waals surface area contributed by atoms with Gasteiger partial charge in [-0.25, -0.2) is 9.59 Å². The molecule has 5 nitrogen and oxygen atoms in total. The number of aromatic nitrogens is 1. The molecule has 22 heavy (non-hydrogen) atoms. The van der Waals surface area contributed by atoms with Crippen molar-refractivity contribution in [2.75, 3.05) is 13.2 Å². The highest BCUT2D eigenvalue weighted by molar-refractivity contribution is 6.30. The third-order valence-electron chi connectivity index (χ3n) is 2.99. The number of rotatable bonds is 5. The fraction of sp³-hybridized carbons (Fsp3) is 0.250. The fourth-order valence-electron chi connectivity index (χ4n) is 2.07. The summed E-state index contributed by atoms with van der Waals surface area (Å²) in [7, 11) is 0. The van der Waals surface area contributed by atoms with E-state index in [0.29, 0.717) is 16.1 Å². The average molecular weight is 322 g/mol. The molecule has 0 saturated carbocycles. The summed E-state index contributed by atoms with van der Waals surface area (Å²) < 4.78 is 10.0. The predicted molar refractivity (Wildman–Crippen MR) is 83.2 cm³/mol. The number of benzene rings is 1. The van der Waals surface area contributed by atoms with E-state index in [1.54, 1.807) is 38.1 Å². The standard InChI is InChI=1S/C16H16ClNO4/c1-3-21-15(19)12-9-18-14(16(20)22-4-2)13(12)10-5-7-11(17)8-6-10/h5-9,18H,3-4H2,1-2H3. The van der Waals surface area contributed by atoms with Crippen molar-refractivity contribution in [3.63, 3.8) is 0 Å². The van der Waals surface area contributed by atoms with Gasteiger partial charge in [0.2, 0.25) is 0 Å². The third kappa shape index (κ3) is 3.31. The minimum absolute atomic E-state index is 0.215. The van der Waals surface area contributed by atoms with Crippen LogP contribution in [-0.4, -0.2) is 30.1 Å². The lowest BCUT2D eigenvalue weighted by atomic mass is 10.0. The zero-order chi connectivity index (χ0) is 16.1. The van der Waals surface area contributed by atoms with Crippen molar-refractivity contribution in [2.24, 2.45) is 0 Å². The van der Waals surface area contributed by atoms with Gasteiger partial charge in [0, 0.05) is 16.8 Å². The first-order valence-electron chi connectivity index (χ1n) is 6.90. The SMILES string of the molecule is CCOC(=O)c1c[nH]c(C(=O)OCC)c1-c1ccc(Cl)cc1. The van der Waals surface area contributed by atoms with Gasteiger partial charge in [0.1, 0.15) is 5.69 Å². The second-order valence-corrected chi connectivity index (χ2v) is 4.84. The molecule has 1 N–H and O–H groups in total. The Labute approximate surface area is 133 Å². The quantitative estimate of drug-likeness (QED) is 0.853. The first-order valence-corrected chi connectivity index (χ1v) is 7.27. The molecular formula is C16H16ClNO4. The molecule has 2 aromatic rings. The largest absolute Gasteiger partial charge is 0.462 e. The highest BCUT2D eigenvalue weighted by Gasteiger charge is 2.24. The van der Waals surface area contributed by atoms with Gasteiger partial charge < -0.3 is 14.5 Å². The Morgan fingerprint density at radius 1 is 1.05 bits per heavy atom. The number of carbonyl (C=O) groups excluding carboxylic acids is 2. The monoisotopic (exact) mass is 321 g/mol. The van der Waals surface area contributed by atoms with Crippen LogP contribution < -0.4 is 0 Å². The molecule has 1 heterocycles. The normalized spacial score (nSPS) is 10.3. The number of carbonyl (C=O) groups is 2. The smallest absolute Gasteiger partial charge is 0.355 e. The highest BCUT2D eigenvalue weighted by atomic mass is 35.5. The van der Waals surface area contributed by atoms with E-state index >= 15 is 0 Å². The summed E-state index contributed by atoms with van der Waals surface area (Å²) in [6.07, 6.45) is 1.45. The second-order valence-electron chi connectivity index (χ2n) is 4.40. The molecule has 0 saturated heterocycles. The summed E-state index contributed by atoms with van der Waals surface area (Å²) in [5.74, 6) is -1.03. The van der Waals surface area contributed by atoms with Crippen LogP contribution >= 0.6 is 11.6 Å². The highest BCUT2D eigenvalue weighted by Crippen LogP contribution is 2.30. The van der Waals surface area contributed by atoms with Crippen LogP contribution in [0.15, 0.2) is 30.5 Å². The van der Waals surface area contributed by atoms with E-state index in [-0.39, 0.29) is 24.5 Å². The number of esters is 2. The summed E-state index contributed by atoms with van der Waals surface area (Å²) in [6.45, 7) is 3.93. The molecule has 0 radical (unpaired) electrons. The topological polar surface area (TPSA) is 68.4 Å². The lowest BCUT2D eigenvalue weighted by Crippen LogP contribution is -2.09. The molecule has 0 spiro atoms. The lowest BCUT2D eigenvalue weighted by Gasteiger charge is -2.07. The minimum atomic E-state index is -0.525. The molecule has 0 fully saturated rings. The van der Waals surface area contributed by atoms with Crippen molar-refractivity contribution in [1.82, 2.24) is 4.98 Å². The van der Waals surface area contributed by atoms with Gasteiger partial charge in [0.15, 0.2) is 0 Å². The first kappa shape index (κ1) is 16.1. The molecular weight excluding hydrogens is 306 g/mol. The summed E-state index contributed by atoms with van der Waals surface area (Å²) in [4.78, 5) is 27.0. The Morgan fingerprint density at radius 3 is 2.23 bits per heavy atom. The number of halogens is 1. The summed E-state index contributed by atoms with van der Waals surface area (Å²) in [6, 6.07) is 6.84. The zero-order valence-corrected chi connectivity index (χ0v) is 13.1. The Balaban J connectivity index is 2.54. The van der Waals surface area contributed by atoms with Crippen LogP contribution in [-0.2, 0) is 9.47 Å². The van der Waals surface area contributed by atoms with Crippen LogP contribution in [0.1, 0.15) is 34.7 Å². The molecule has 1 aromatic heterocycles. The van der Waals surface area contributed by atoms with E-state index in [1.807, 2.05) is 0 Å². The zero-order valence-electron chi connectivity index (χ0n) is 12.3. The number of H-pyrrole nitrogens is 1. The van der Waals surface area contributed by atoms with Gasteiger partial charge in [-0.05, 0) is 31.5 Å². The maximum absolute atomic E-state index is 12.1. The molecule has 0 aliphatic heterocycles. The van der Waals surface area contributed by atoms with Crippen LogP contribution in [0, 0.1) is 0 Å². The van der Waals surface area contributed by atoms with E-state index in [1.165, 1.54) is 6.20 Å². The van der Waals surface area contributed by atoms with Gasteiger partial charge in [-0.1, -0.05) is 23.7 Å². The second kappa shape index (κ2) is 7.13. The number of hydrogen-bond donors (Lipinski definition) is 1. The van der Waals surface area contributed by atoms with E-state index in [0.717, 1.165) is 0 Å². The van der Waals surface area contributed by atoms with Gasteiger partial charge in [-0.15, -0.1) is 0 Å². The molecule has 0 aliphatic rings. The third-order valence-corrected chi connectivity index (χ3v) is 3.24. The molecule has 116 valence electrons. The number of nitrogens with one attached hydrogen (secondary N) is 1. The Hall–Kier alpha value is -2.27. The molecule has 6 heteroatoms.